The van der Waals surface area contributed by atoms with Gasteiger partial charge in [0.2, 0.25) is 0 Å². The third-order valence-electron chi connectivity index (χ3n) is 5.68. The SMILES string of the molecule is CCCOc1cccc(/C(O)=C2/C(=O)C(=O)N(CCc3ccc(F)cc3)C2c2cccnc2)c1. The van der Waals surface area contributed by atoms with E-state index in [2.05, 4.69) is 4.98 Å². The van der Waals surface area contributed by atoms with Gasteiger partial charge >= 0.3 is 0 Å². The Hall–Kier alpha value is -4.00. The van der Waals surface area contributed by atoms with Crippen LogP contribution in [0.4, 0.5) is 4.39 Å². The van der Waals surface area contributed by atoms with Crippen LogP contribution in [-0.4, -0.2) is 39.8 Å². The van der Waals surface area contributed by atoms with Gasteiger partial charge < -0.3 is 14.7 Å². The molecule has 7 heteroatoms. The molecule has 1 fully saturated rings. The van der Waals surface area contributed by atoms with Crippen molar-refractivity contribution in [1.82, 2.24) is 9.88 Å². The second-order valence-electron chi connectivity index (χ2n) is 8.03. The lowest BCUT2D eigenvalue weighted by atomic mass is 9.96. The summed E-state index contributed by atoms with van der Waals surface area (Å²) < 4.78 is 18.9. The third-order valence-corrected chi connectivity index (χ3v) is 5.68. The molecule has 0 bridgehead atoms. The molecule has 1 aromatic heterocycles. The first-order chi connectivity index (χ1) is 16.5. The minimum absolute atomic E-state index is 0.00440. The number of pyridine rings is 1. The zero-order valence-corrected chi connectivity index (χ0v) is 18.8. The van der Waals surface area contributed by atoms with Crippen molar-refractivity contribution in [3.05, 3.63) is 101 Å². The second-order valence-corrected chi connectivity index (χ2v) is 8.03. The lowest BCUT2D eigenvalue weighted by molar-refractivity contribution is -0.139. The first kappa shape index (κ1) is 23.2. The van der Waals surface area contributed by atoms with Gasteiger partial charge in [0.05, 0.1) is 18.2 Å². The fourth-order valence-corrected chi connectivity index (χ4v) is 4.00. The number of hydrogen-bond acceptors (Lipinski definition) is 5. The van der Waals surface area contributed by atoms with E-state index < -0.39 is 17.7 Å². The number of nitrogens with zero attached hydrogens (tertiary/aromatic N) is 2. The molecule has 2 aromatic carbocycles. The molecule has 4 rings (SSSR count). The highest BCUT2D eigenvalue weighted by atomic mass is 19.1. The molecular formula is C27H25FN2O4. The number of ether oxygens (including phenoxy) is 1. The summed E-state index contributed by atoms with van der Waals surface area (Å²) in [6.45, 7) is 2.73. The van der Waals surface area contributed by atoms with Crippen molar-refractivity contribution in [2.75, 3.05) is 13.2 Å². The van der Waals surface area contributed by atoms with E-state index in [1.807, 2.05) is 6.92 Å². The minimum atomic E-state index is -0.797. The van der Waals surface area contributed by atoms with Crippen molar-refractivity contribution >= 4 is 17.4 Å². The molecule has 0 saturated carbocycles. The van der Waals surface area contributed by atoms with E-state index in [1.54, 1.807) is 60.9 Å². The molecule has 34 heavy (non-hydrogen) atoms. The smallest absolute Gasteiger partial charge is 0.295 e. The molecule has 6 nitrogen and oxygen atoms in total. The van der Waals surface area contributed by atoms with Crippen LogP contribution in [-0.2, 0) is 16.0 Å². The molecule has 1 aliphatic rings. The van der Waals surface area contributed by atoms with Crippen LogP contribution in [0.5, 0.6) is 5.75 Å². The Kier molecular flexibility index (Phi) is 7.01. The molecule has 174 valence electrons. The number of aliphatic hydroxyl groups excluding tert-OH is 1. The Morgan fingerprint density at radius 3 is 2.62 bits per heavy atom. The van der Waals surface area contributed by atoms with Crippen molar-refractivity contribution in [3.63, 3.8) is 0 Å². The molecule has 0 aliphatic carbocycles. The summed E-state index contributed by atoms with van der Waals surface area (Å²) in [5.41, 5.74) is 1.83. The monoisotopic (exact) mass is 460 g/mol. The Bertz CT molecular complexity index is 1210. The van der Waals surface area contributed by atoms with Crippen molar-refractivity contribution in [3.8, 4) is 5.75 Å². The van der Waals surface area contributed by atoms with Crippen LogP contribution in [0.15, 0.2) is 78.6 Å². The van der Waals surface area contributed by atoms with E-state index >= 15 is 0 Å². The third kappa shape index (κ3) is 4.83. The zero-order valence-electron chi connectivity index (χ0n) is 18.8. The van der Waals surface area contributed by atoms with Gasteiger partial charge in [0, 0.05) is 24.5 Å². The highest BCUT2D eigenvalue weighted by Gasteiger charge is 2.46. The second kappa shape index (κ2) is 10.3. The molecular weight excluding hydrogens is 435 g/mol. The number of carbonyl (C=O) groups is 2. The number of aromatic nitrogens is 1. The van der Waals surface area contributed by atoms with E-state index in [-0.39, 0.29) is 23.7 Å². The number of Topliss-reactive ketones (excluding diaryl/α,β-unsaturated/α-hetero) is 1. The number of rotatable bonds is 8. The zero-order chi connectivity index (χ0) is 24.1. The number of hydrogen-bond donors (Lipinski definition) is 1. The maximum Gasteiger partial charge on any atom is 0.295 e. The molecule has 1 amide bonds. The summed E-state index contributed by atoms with van der Waals surface area (Å²) in [6.07, 6.45) is 4.43. The van der Waals surface area contributed by atoms with E-state index in [1.165, 1.54) is 17.0 Å². The Morgan fingerprint density at radius 1 is 1.12 bits per heavy atom. The first-order valence-corrected chi connectivity index (χ1v) is 11.2. The van der Waals surface area contributed by atoms with Crippen molar-refractivity contribution in [2.45, 2.75) is 25.8 Å². The van der Waals surface area contributed by atoms with Gasteiger partial charge in [0.1, 0.15) is 17.3 Å². The van der Waals surface area contributed by atoms with Gasteiger partial charge in [-0.05, 0) is 54.3 Å². The highest BCUT2D eigenvalue weighted by molar-refractivity contribution is 6.46. The van der Waals surface area contributed by atoms with Crippen LogP contribution in [0.2, 0.25) is 0 Å². The van der Waals surface area contributed by atoms with E-state index in [0.717, 1.165) is 12.0 Å². The summed E-state index contributed by atoms with van der Waals surface area (Å²) in [5, 5.41) is 11.2. The fourth-order valence-electron chi connectivity index (χ4n) is 4.00. The molecule has 1 saturated heterocycles. The maximum atomic E-state index is 13.3. The van der Waals surface area contributed by atoms with Gasteiger partial charge in [-0.15, -0.1) is 0 Å². The number of aliphatic hydroxyl groups is 1. The number of halogens is 1. The summed E-state index contributed by atoms with van der Waals surface area (Å²) in [7, 11) is 0. The van der Waals surface area contributed by atoms with Gasteiger partial charge in [-0.2, -0.15) is 0 Å². The molecule has 3 aromatic rings. The van der Waals surface area contributed by atoms with E-state index in [9.17, 15) is 19.1 Å². The normalized spacial score (nSPS) is 17.2. The summed E-state index contributed by atoms with van der Waals surface area (Å²) in [6, 6.07) is 15.5. The quantitative estimate of drug-likeness (QED) is 0.300. The van der Waals surface area contributed by atoms with Crippen LogP contribution in [0.1, 0.15) is 36.1 Å². The fraction of sp³-hybridized carbons (Fsp3) is 0.222. The highest BCUT2D eigenvalue weighted by Crippen LogP contribution is 2.39. The van der Waals surface area contributed by atoms with Gasteiger partial charge in [-0.3, -0.25) is 14.6 Å². The predicted molar refractivity (Wildman–Crippen MR) is 126 cm³/mol. The van der Waals surface area contributed by atoms with Crippen LogP contribution >= 0.6 is 0 Å². The van der Waals surface area contributed by atoms with Gasteiger partial charge in [0.25, 0.3) is 11.7 Å². The minimum Gasteiger partial charge on any atom is -0.507 e. The largest absolute Gasteiger partial charge is 0.507 e. The predicted octanol–water partition coefficient (Wildman–Crippen LogP) is 4.67. The van der Waals surface area contributed by atoms with Crippen molar-refractivity contribution < 1.29 is 23.8 Å². The molecule has 0 radical (unpaired) electrons. The summed E-state index contributed by atoms with van der Waals surface area (Å²) >= 11 is 0. The number of carbonyl (C=O) groups excluding carboxylic acids is 2. The van der Waals surface area contributed by atoms with Crippen molar-refractivity contribution in [1.29, 1.82) is 0 Å². The maximum absolute atomic E-state index is 13.3. The molecule has 1 unspecified atom stereocenters. The summed E-state index contributed by atoms with van der Waals surface area (Å²) in [5.74, 6) is -1.50. The van der Waals surface area contributed by atoms with Crippen LogP contribution < -0.4 is 4.74 Å². The van der Waals surface area contributed by atoms with E-state index in [4.69, 9.17) is 4.74 Å². The molecule has 1 N–H and O–H groups in total. The molecule has 1 atom stereocenters. The Labute approximate surface area is 197 Å². The van der Waals surface area contributed by atoms with Gasteiger partial charge in [-0.1, -0.05) is 37.3 Å². The van der Waals surface area contributed by atoms with Gasteiger partial charge in [-0.25, -0.2) is 4.39 Å². The number of likely N-dealkylation sites (tertiary alicyclic amines) is 1. The van der Waals surface area contributed by atoms with Crippen LogP contribution in [0.3, 0.4) is 0 Å². The topological polar surface area (TPSA) is 79.7 Å². The number of amides is 1. The Morgan fingerprint density at radius 2 is 1.91 bits per heavy atom. The van der Waals surface area contributed by atoms with Crippen LogP contribution in [0, 0.1) is 5.82 Å². The Balaban J connectivity index is 1.72. The number of ketones is 1. The molecule has 0 spiro atoms. The van der Waals surface area contributed by atoms with Gasteiger partial charge in [0.15, 0.2) is 0 Å². The standard InChI is InChI=1S/C27H25FN2O4/c1-2-15-34-22-7-3-5-19(16-22)25(31)23-24(20-6-4-13-29-17-20)30(27(33)26(23)32)14-12-18-8-10-21(28)11-9-18/h3-11,13,16-17,24,31H,2,12,14-15H2,1H3/b25-23-. The number of benzene rings is 2. The molecule has 1 aliphatic heterocycles. The lowest BCUT2D eigenvalue weighted by Crippen LogP contribution is -2.31. The average Bonchev–Trinajstić information content (AvgIpc) is 3.12. The van der Waals surface area contributed by atoms with E-state index in [0.29, 0.717) is 29.9 Å². The van der Waals surface area contributed by atoms with Crippen LogP contribution in [0.25, 0.3) is 5.76 Å². The lowest BCUT2D eigenvalue weighted by Gasteiger charge is -2.25. The first-order valence-electron chi connectivity index (χ1n) is 11.2. The molecule has 2 heterocycles. The average molecular weight is 461 g/mol. The summed E-state index contributed by atoms with van der Waals surface area (Å²) in [4.78, 5) is 31.7. The van der Waals surface area contributed by atoms with Crippen molar-refractivity contribution in [2.24, 2.45) is 0 Å².